The average Bonchev–Trinajstić information content (AvgIpc) is 3.24. The Bertz CT molecular complexity index is 919. The highest BCUT2D eigenvalue weighted by atomic mass is 16.5. The zero-order valence-corrected chi connectivity index (χ0v) is 20.0. The number of nitrogens with zero attached hydrogens (tertiary/aromatic N) is 3. The van der Waals surface area contributed by atoms with E-state index >= 15 is 0 Å². The molecule has 2 heterocycles. The maximum absolute atomic E-state index is 9.96. The Morgan fingerprint density at radius 2 is 2.06 bits per heavy atom. The van der Waals surface area contributed by atoms with Crippen LogP contribution in [0.4, 0.5) is 11.6 Å². The summed E-state index contributed by atoms with van der Waals surface area (Å²) >= 11 is 0. The number of ether oxygens (including phenoxy) is 2. The molecule has 8 nitrogen and oxygen atoms in total. The van der Waals surface area contributed by atoms with Crippen molar-refractivity contribution < 1.29 is 14.6 Å². The van der Waals surface area contributed by atoms with E-state index in [1.807, 2.05) is 31.3 Å². The SMILES string of the molecule is CNCC(O)COc1cccc(-c2nc(N[C@@H]3CC[C@H](C)C3)c(C)c(N3CCOCC3)n2)c1. The topological polar surface area (TPSA) is 91.8 Å². The van der Waals surface area contributed by atoms with Crippen LogP contribution in [0.3, 0.4) is 0 Å². The molecule has 0 radical (unpaired) electrons. The van der Waals surface area contributed by atoms with Gasteiger partial charge >= 0.3 is 0 Å². The molecular formula is C25H37N5O3. The standard InChI is InChI=1S/C25H37N5O3/c1-17-7-8-20(13-17)27-23-18(2)25(30-9-11-32-12-10-30)29-24(28-23)19-5-4-6-22(14-19)33-16-21(31)15-26-3/h4-6,14,17,20-21,26,31H,7-13,15-16H2,1-3H3,(H,27,28,29)/t17-,20+,21?/m0/s1. The number of nitrogens with one attached hydrogen (secondary N) is 2. The van der Waals surface area contributed by atoms with Crippen molar-refractivity contribution in [3.05, 3.63) is 29.8 Å². The summed E-state index contributed by atoms with van der Waals surface area (Å²) in [5.74, 6) is 4.00. The molecule has 2 aromatic rings. The molecule has 3 atom stereocenters. The number of aliphatic hydroxyl groups excluding tert-OH is 1. The molecule has 8 heteroatoms. The number of hydrogen-bond acceptors (Lipinski definition) is 8. The maximum Gasteiger partial charge on any atom is 0.164 e. The second kappa shape index (κ2) is 11.1. The van der Waals surface area contributed by atoms with Crippen molar-refractivity contribution in [2.75, 3.05) is 56.7 Å². The van der Waals surface area contributed by atoms with Gasteiger partial charge in [-0.1, -0.05) is 19.1 Å². The first kappa shape index (κ1) is 23.7. The smallest absolute Gasteiger partial charge is 0.164 e. The van der Waals surface area contributed by atoms with Gasteiger partial charge in [-0.25, -0.2) is 9.97 Å². The average molecular weight is 456 g/mol. The molecule has 2 aliphatic rings. The third-order valence-electron chi connectivity index (χ3n) is 6.44. The highest BCUT2D eigenvalue weighted by Gasteiger charge is 2.25. The predicted octanol–water partition coefficient (Wildman–Crippen LogP) is 2.85. The fourth-order valence-corrected chi connectivity index (χ4v) is 4.60. The van der Waals surface area contributed by atoms with Gasteiger partial charge in [0, 0.05) is 36.8 Å². The summed E-state index contributed by atoms with van der Waals surface area (Å²) < 4.78 is 11.4. The highest BCUT2D eigenvalue weighted by Crippen LogP contribution is 2.33. The van der Waals surface area contributed by atoms with Crippen LogP contribution in [-0.4, -0.2) is 73.7 Å². The predicted molar refractivity (Wildman–Crippen MR) is 131 cm³/mol. The quantitative estimate of drug-likeness (QED) is 0.532. The van der Waals surface area contributed by atoms with E-state index < -0.39 is 6.10 Å². The first-order valence-electron chi connectivity index (χ1n) is 12.1. The van der Waals surface area contributed by atoms with Crippen molar-refractivity contribution in [3.8, 4) is 17.1 Å². The third-order valence-corrected chi connectivity index (χ3v) is 6.44. The van der Waals surface area contributed by atoms with Crippen LogP contribution < -0.4 is 20.3 Å². The summed E-state index contributed by atoms with van der Waals surface area (Å²) in [6.07, 6.45) is 3.03. The third kappa shape index (κ3) is 6.13. The lowest BCUT2D eigenvalue weighted by molar-refractivity contribution is 0.108. The summed E-state index contributed by atoms with van der Waals surface area (Å²) in [7, 11) is 1.81. The number of morpholine rings is 1. The molecule has 1 aliphatic carbocycles. The van der Waals surface area contributed by atoms with Crippen molar-refractivity contribution in [1.82, 2.24) is 15.3 Å². The largest absolute Gasteiger partial charge is 0.491 e. The van der Waals surface area contributed by atoms with Crippen LogP contribution in [0.2, 0.25) is 0 Å². The summed E-state index contributed by atoms with van der Waals surface area (Å²) in [5, 5.41) is 16.6. The van der Waals surface area contributed by atoms with Crippen molar-refractivity contribution in [1.29, 1.82) is 0 Å². The molecule has 1 aliphatic heterocycles. The number of hydrogen-bond donors (Lipinski definition) is 3. The van der Waals surface area contributed by atoms with E-state index in [0.29, 0.717) is 37.4 Å². The molecule has 180 valence electrons. The molecule has 33 heavy (non-hydrogen) atoms. The molecule has 2 fully saturated rings. The second-order valence-electron chi connectivity index (χ2n) is 9.25. The van der Waals surface area contributed by atoms with E-state index in [4.69, 9.17) is 19.4 Å². The van der Waals surface area contributed by atoms with Crippen molar-refractivity contribution in [3.63, 3.8) is 0 Å². The summed E-state index contributed by atoms with van der Waals surface area (Å²) in [6.45, 7) is 8.20. The molecule has 1 saturated heterocycles. The lowest BCUT2D eigenvalue weighted by Gasteiger charge is -2.30. The van der Waals surface area contributed by atoms with Gasteiger partial charge in [-0.2, -0.15) is 0 Å². The summed E-state index contributed by atoms with van der Waals surface area (Å²) in [6, 6.07) is 8.24. The van der Waals surface area contributed by atoms with E-state index in [1.54, 1.807) is 0 Å². The normalized spacial score (nSPS) is 21.8. The molecular weight excluding hydrogens is 418 g/mol. The van der Waals surface area contributed by atoms with Crippen LogP contribution in [0, 0.1) is 12.8 Å². The lowest BCUT2D eigenvalue weighted by atomic mass is 10.1. The van der Waals surface area contributed by atoms with Gasteiger partial charge in [-0.15, -0.1) is 0 Å². The van der Waals surface area contributed by atoms with Crippen molar-refractivity contribution in [2.45, 2.75) is 45.3 Å². The van der Waals surface area contributed by atoms with Crippen LogP contribution in [0.5, 0.6) is 5.75 Å². The Hall–Kier alpha value is -2.42. The Morgan fingerprint density at radius 3 is 2.79 bits per heavy atom. The van der Waals surface area contributed by atoms with Gasteiger partial charge in [-0.05, 0) is 51.3 Å². The van der Waals surface area contributed by atoms with Gasteiger partial charge in [0.1, 0.15) is 30.1 Å². The van der Waals surface area contributed by atoms with Gasteiger partial charge < -0.3 is 30.1 Å². The zero-order chi connectivity index (χ0) is 23.2. The monoisotopic (exact) mass is 455 g/mol. The molecule has 1 aromatic heterocycles. The molecule has 1 saturated carbocycles. The number of likely N-dealkylation sites (N-methyl/N-ethyl adjacent to an activating group) is 1. The first-order valence-corrected chi connectivity index (χ1v) is 12.1. The van der Waals surface area contributed by atoms with Gasteiger partial charge in [-0.3, -0.25) is 0 Å². The van der Waals surface area contributed by atoms with E-state index in [1.165, 1.54) is 19.3 Å². The van der Waals surface area contributed by atoms with Gasteiger partial charge in [0.25, 0.3) is 0 Å². The first-order chi connectivity index (χ1) is 16.0. The van der Waals surface area contributed by atoms with Crippen molar-refractivity contribution >= 4 is 11.6 Å². The van der Waals surface area contributed by atoms with E-state index in [2.05, 4.69) is 29.4 Å². The number of aromatic nitrogens is 2. The van der Waals surface area contributed by atoms with Gasteiger partial charge in [0.2, 0.25) is 0 Å². The molecule has 0 bridgehead atoms. The Balaban J connectivity index is 1.62. The second-order valence-corrected chi connectivity index (χ2v) is 9.25. The summed E-state index contributed by atoms with van der Waals surface area (Å²) in [5.41, 5.74) is 1.98. The van der Waals surface area contributed by atoms with Crippen LogP contribution >= 0.6 is 0 Å². The Kier molecular flexibility index (Phi) is 8.01. The van der Waals surface area contributed by atoms with E-state index in [9.17, 15) is 5.11 Å². The van der Waals surface area contributed by atoms with E-state index in [-0.39, 0.29) is 6.61 Å². The van der Waals surface area contributed by atoms with Crippen molar-refractivity contribution in [2.24, 2.45) is 5.92 Å². The van der Waals surface area contributed by atoms with Gasteiger partial charge in [0.15, 0.2) is 5.82 Å². The van der Waals surface area contributed by atoms with Crippen LogP contribution in [0.1, 0.15) is 31.7 Å². The fraction of sp³-hybridized carbons (Fsp3) is 0.600. The van der Waals surface area contributed by atoms with Crippen LogP contribution in [0.15, 0.2) is 24.3 Å². The molecule has 4 rings (SSSR count). The fourth-order valence-electron chi connectivity index (χ4n) is 4.60. The number of anilines is 2. The molecule has 1 aromatic carbocycles. The Labute approximate surface area is 196 Å². The molecule has 3 N–H and O–H groups in total. The summed E-state index contributed by atoms with van der Waals surface area (Å²) in [4.78, 5) is 12.2. The number of rotatable bonds is 9. The molecule has 0 spiro atoms. The van der Waals surface area contributed by atoms with Crippen LogP contribution in [-0.2, 0) is 4.74 Å². The Morgan fingerprint density at radius 1 is 1.24 bits per heavy atom. The zero-order valence-electron chi connectivity index (χ0n) is 20.0. The number of aliphatic hydroxyl groups is 1. The minimum Gasteiger partial charge on any atom is -0.491 e. The number of benzene rings is 1. The minimum absolute atomic E-state index is 0.227. The van der Waals surface area contributed by atoms with Gasteiger partial charge in [0.05, 0.1) is 13.2 Å². The van der Waals surface area contributed by atoms with E-state index in [0.717, 1.165) is 41.8 Å². The molecule has 0 amide bonds. The maximum atomic E-state index is 9.96. The van der Waals surface area contributed by atoms with Crippen LogP contribution in [0.25, 0.3) is 11.4 Å². The highest BCUT2D eigenvalue weighted by molar-refractivity contribution is 5.67. The minimum atomic E-state index is -0.563. The lowest BCUT2D eigenvalue weighted by Crippen LogP contribution is -2.37. The molecule has 1 unspecified atom stereocenters.